The van der Waals surface area contributed by atoms with Crippen LogP contribution in [0.2, 0.25) is 10.0 Å². The second kappa shape index (κ2) is 12.7. The van der Waals surface area contributed by atoms with Gasteiger partial charge in [0.1, 0.15) is 11.8 Å². The van der Waals surface area contributed by atoms with Crippen LogP contribution in [0.25, 0.3) is 17.0 Å². The zero-order valence-electron chi connectivity index (χ0n) is 25.2. The van der Waals surface area contributed by atoms with Gasteiger partial charge in [-0.25, -0.2) is 9.79 Å². The van der Waals surface area contributed by atoms with Crippen molar-refractivity contribution in [2.24, 2.45) is 4.99 Å². The summed E-state index contributed by atoms with van der Waals surface area (Å²) in [6.07, 6.45) is 3.82. The third kappa shape index (κ3) is 5.98. The molecule has 7 nitrogen and oxygen atoms in total. The van der Waals surface area contributed by atoms with Crippen LogP contribution in [0.3, 0.4) is 0 Å². The molecule has 1 atom stereocenters. The second-order valence-corrected chi connectivity index (χ2v) is 12.8. The van der Waals surface area contributed by atoms with Gasteiger partial charge in [0, 0.05) is 34.8 Å². The number of hydrogen-bond donors (Lipinski definition) is 0. The highest BCUT2D eigenvalue weighted by molar-refractivity contribution is 7.07. The highest BCUT2D eigenvalue weighted by Crippen LogP contribution is 2.36. The van der Waals surface area contributed by atoms with Crippen LogP contribution in [0.1, 0.15) is 50.4 Å². The summed E-state index contributed by atoms with van der Waals surface area (Å²) in [6, 6.07) is 20.4. The molecule has 0 aliphatic carbocycles. The Morgan fingerprint density at radius 1 is 1.07 bits per heavy atom. The van der Waals surface area contributed by atoms with E-state index in [2.05, 4.69) is 4.57 Å². The summed E-state index contributed by atoms with van der Waals surface area (Å²) in [5.41, 5.74) is 4.16. The molecular weight excluding hydrogens is 629 g/mol. The standard InChI is InChI=1S/C35H31Cl2N3O4S/c1-5-43-34(42)31-21(4)38-35-40(32(31)25-11-7-9-13-29(25)44-20(2)3)33(41)30(45-35)17-23-19-39(28-12-8-6-10-24(23)28)18-22-14-15-26(36)27(37)16-22/h6-17,19-20,32H,5,18H2,1-4H3/b30-17-/t32-/m1/s1. The number of allylic oxidation sites excluding steroid dienone is 1. The van der Waals surface area contributed by atoms with Crippen molar-refractivity contribution in [1.82, 2.24) is 9.13 Å². The van der Waals surface area contributed by atoms with Gasteiger partial charge in [-0.3, -0.25) is 9.36 Å². The Morgan fingerprint density at radius 2 is 1.82 bits per heavy atom. The average molecular weight is 661 g/mol. The topological polar surface area (TPSA) is 74.8 Å². The Balaban J connectivity index is 1.52. The number of halogens is 2. The summed E-state index contributed by atoms with van der Waals surface area (Å²) in [6.45, 7) is 8.18. The zero-order chi connectivity index (χ0) is 31.8. The number of para-hydroxylation sites is 2. The Morgan fingerprint density at radius 3 is 2.58 bits per heavy atom. The lowest BCUT2D eigenvalue weighted by molar-refractivity contribution is -0.139. The first-order chi connectivity index (χ1) is 21.7. The molecule has 3 heterocycles. The number of aromatic nitrogens is 2. The number of rotatable bonds is 8. The van der Waals surface area contributed by atoms with Gasteiger partial charge < -0.3 is 14.0 Å². The zero-order valence-corrected chi connectivity index (χ0v) is 27.5. The predicted octanol–water partition coefficient (Wildman–Crippen LogP) is 6.90. The number of thiazole rings is 1. The van der Waals surface area contributed by atoms with Crippen LogP contribution < -0.4 is 19.6 Å². The van der Waals surface area contributed by atoms with Crippen LogP contribution in [0.15, 0.2) is 94.0 Å². The van der Waals surface area contributed by atoms with E-state index in [9.17, 15) is 9.59 Å². The van der Waals surface area contributed by atoms with Crippen molar-refractivity contribution < 1.29 is 14.3 Å². The van der Waals surface area contributed by atoms with Gasteiger partial charge in [0.2, 0.25) is 0 Å². The number of esters is 1. The molecule has 0 fully saturated rings. The van der Waals surface area contributed by atoms with E-state index in [1.807, 2.05) is 86.8 Å². The third-order valence-corrected chi connectivity index (χ3v) is 9.26. The first-order valence-electron chi connectivity index (χ1n) is 14.6. The summed E-state index contributed by atoms with van der Waals surface area (Å²) in [5, 5.41) is 2.00. The molecule has 0 bridgehead atoms. The van der Waals surface area contributed by atoms with Gasteiger partial charge in [-0.05, 0) is 63.6 Å². The molecule has 0 radical (unpaired) electrons. The minimum Gasteiger partial charge on any atom is -0.491 e. The van der Waals surface area contributed by atoms with Gasteiger partial charge in [0.05, 0.1) is 38.6 Å². The van der Waals surface area contributed by atoms with Crippen molar-refractivity contribution in [3.8, 4) is 5.75 Å². The first-order valence-corrected chi connectivity index (χ1v) is 16.2. The maximum absolute atomic E-state index is 14.3. The van der Waals surface area contributed by atoms with Gasteiger partial charge in [-0.2, -0.15) is 0 Å². The van der Waals surface area contributed by atoms with Gasteiger partial charge in [-0.1, -0.05) is 77.0 Å². The van der Waals surface area contributed by atoms with E-state index in [0.717, 1.165) is 22.0 Å². The molecule has 230 valence electrons. The molecule has 0 saturated heterocycles. The molecule has 10 heteroatoms. The van der Waals surface area contributed by atoms with Crippen LogP contribution in [-0.2, 0) is 16.1 Å². The number of ether oxygens (including phenoxy) is 2. The number of fused-ring (bicyclic) bond motifs is 2. The minimum atomic E-state index is -0.770. The number of carbonyl (C=O) groups excluding carboxylic acids is 1. The molecule has 0 unspecified atom stereocenters. The summed E-state index contributed by atoms with van der Waals surface area (Å²) in [7, 11) is 0. The molecule has 0 spiro atoms. The molecule has 2 aromatic heterocycles. The van der Waals surface area contributed by atoms with E-state index in [0.29, 0.717) is 48.5 Å². The summed E-state index contributed by atoms with van der Waals surface area (Å²) >= 11 is 13.7. The molecule has 45 heavy (non-hydrogen) atoms. The van der Waals surface area contributed by atoms with Crippen molar-refractivity contribution in [3.63, 3.8) is 0 Å². The fraction of sp³-hybridized carbons (Fsp3) is 0.229. The largest absolute Gasteiger partial charge is 0.491 e. The second-order valence-electron chi connectivity index (χ2n) is 11.0. The van der Waals surface area contributed by atoms with Crippen LogP contribution >= 0.6 is 34.5 Å². The lowest BCUT2D eigenvalue weighted by Crippen LogP contribution is -2.40. The van der Waals surface area contributed by atoms with Crippen LogP contribution in [0, 0.1) is 0 Å². The van der Waals surface area contributed by atoms with Crippen LogP contribution in [0.4, 0.5) is 0 Å². The molecule has 5 aromatic rings. The van der Waals surface area contributed by atoms with E-state index < -0.39 is 12.0 Å². The predicted molar refractivity (Wildman–Crippen MR) is 180 cm³/mol. The first kappa shape index (κ1) is 30.9. The quantitative estimate of drug-likeness (QED) is 0.170. The molecular formula is C35H31Cl2N3O4S. The smallest absolute Gasteiger partial charge is 0.338 e. The van der Waals surface area contributed by atoms with Crippen molar-refractivity contribution in [1.29, 1.82) is 0 Å². The fourth-order valence-electron chi connectivity index (χ4n) is 5.65. The molecule has 1 aliphatic heterocycles. The average Bonchev–Trinajstić information content (AvgIpc) is 3.50. The fourth-order valence-corrected chi connectivity index (χ4v) is 7.01. The van der Waals surface area contributed by atoms with Crippen molar-refractivity contribution in [3.05, 3.63) is 131 Å². The van der Waals surface area contributed by atoms with E-state index in [4.69, 9.17) is 37.7 Å². The Labute approximate surface area is 274 Å². The Kier molecular flexibility index (Phi) is 8.73. The highest BCUT2D eigenvalue weighted by Gasteiger charge is 2.35. The number of nitrogens with zero attached hydrogens (tertiary/aromatic N) is 3. The molecule has 3 aromatic carbocycles. The number of carbonyl (C=O) groups is 1. The monoisotopic (exact) mass is 659 g/mol. The lowest BCUT2D eigenvalue weighted by atomic mass is 9.95. The maximum atomic E-state index is 14.3. The molecule has 6 rings (SSSR count). The van der Waals surface area contributed by atoms with E-state index >= 15 is 0 Å². The molecule has 0 N–H and O–H groups in total. The number of hydrogen-bond acceptors (Lipinski definition) is 6. The number of benzene rings is 3. The van der Waals surface area contributed by atoms with Gasteiger partial charge >= 0.3 is 5.97 Å². The van der Waals surface area contributed by atoms with Crippen molar-refractivity contribution in [2.75, 3.05) is 6.61 Å². The highest BCUT2D eigenvalue weighted by atomic mass is 35.5. The van der Waals surface area contributed by atoms with Gasteiger partial charge in [0.25, 0.3) is 5.56 Å². The lowest BCUT2D eigenvalue weighted by Gasteiger charge is -2.26. The van der Waals surface area contributed by atoms with Crippen LogP contribution in [-0.4, -0.2) is 27.8 Å². The Bertz CT molecular complexity index is 2160. The Hall–Kier alpha value is -4.11. The van der Waals surface area contributed by atoms with E-state index in [1.54, 1.807) is 24.5 Å². The van der Waals surface area contributed by atoms with E-state index in [1.165, 1.54) is 11.3 Å². The molecule has 0 saturated carbocycles. The summed E-state index contributed by atoms with van der Waals surface area (Å²) in [5.74, 6) is 0.0803. The SMILES string of the molecule is CCOC(=O)C1=C(C)N=c2s/c(=C\c3cn(Cc4ccc(Cl)c(Cl)c4)c4ccccc34)c(=O)n2[C@@H]1c1ccccc1OC(C)C. The molecule has 0 amide bonds. The minimum absolute atomic E-state index is 0.112. The van der Waals surface area contributed by atoms with Crippen molar-refractivity contribution in [2.45, 2.75) is 46.4 Å². The molecule has 1 aliphatic rings. The van der Waals surface area contributed by atoms with Crippen LogP contribution in [0.5, 0.6) is 5.75 Å². The van der Waals surface area contributed by atoms with Crippen molar-refractivity contribution >= 4 is 57.5 Å². The normalized spacial score (nSPS) is 15.0. The van der Waals surface area contributed by atoms with Gasteiger partial charge in [-0.15, -0.1) is 0 Å². The van der Waals surface area contributed by atoms with Gasteiger partial charge in [0.15, 0.2) is 4.80 Å². The maximum Gasteiger partial charge on any atom is 0.338 e. The van der Waals surface area contributed by atoms with E-state index in [-0.39, 0.29) is 18.3 Å². The summed E-state index contributed by atoms with van der Waals surface area (Å²) in [4.78, 5) is 32.9. The summed E-state index contributed by atoms with van der Waals surface area (Å²) < 4.78 is 15.8. The third-order valence-electron chi connectivity index (χ3n) is 7.54.